The maximum atomic E-state index is 12.0. The zero-order valence-electron chi connectivity index (χ0n) is 12.4. The molecule has 0 amide bonds. The van der Waals surface area contributed by atoms with Gasteiger partial charge in [-0.15, -0.1) is 0 Å². The van der Waals surface area contributed by atoms with Gasteiger partial charge in [-0.25, -0.2) is 8.42 Å². The van der Waals surface area contributed by atoms with E-state index in [9.17, 15) is 8.42 Å². The lowest BCUT2D eigenvalue weighted by Crippen LogP contribution is -2.28. The number of sulfone groups is 1. The van der Waals surface area contributed by atoms with Crippen molar-refractivity contribution >= 4 is 15.7 Å². The van der Waals surface area contributed by atoms with Crippen molar-refractivity contribution in [1.82, 2.24) is 5.16 Å². The van der Waals surface area contributed by atoms with E-state index in [1.54, 1.807) is 45.2 Å². The normalized spacial score (nSPS) is 12.4. The van der Waals surface area contributed by atoms with Crippen LogP contribution in [0.4, 0.5) is 5.82 Å². The van der Waals surface area contributed by atoms with Gasteiger partial charge < -0.3 is 15.0 Å². The van der Waals surface area contributed by atoms with Gasteiger partial charge >= 0.3 is 0 Å². The molecule has 114 valence electrons. The minimum Gasteiger partial charge on any atom is -0.497 e. The molecule has 0 unspecified atom stereocenters. The molecular formula is C14H18N2O4S. The van der Waals surface area contributed by atoms with Crippen LogP contribution in [0.15, 0.2) is 28.8 Å². The van der Waals surface area contributed by atoms with Gasteiger partial charge in [0.1, 0.15) is 10.5 Å². The number of benzene rings is 1. The molecule has 0 aliphatic rings. The smallest absolute Gasteiger partial charge is 0.175 e. The molecule has 7 heteroatoms. The molecule has 1 aromatic heterocycles. The monoisotopic (exact) mass is 310 g/mol. The van der Waals surface area contributed by atoms with Gasteiger partial charge in [0.05, 0.1) is 12.7 Å². The fourth-order valence-electron chi connectivity index (χ4n) is 1.94. The van der Waals surface area contributed by atoms with Crippen LogP contribution in [0.25, 0.3) is 11.1 Å². The number of methoxy groups -OCH3 is 1. The summed E-state index contributed by atoms with van der Waals surface area (Å²) in [7, 11) is -1.86. The molecule has 0 radical (unpaired) electrons. The van der Waals surface area contributed by atoms with Crippen molar-refractivity contribution in [3.05, 3.63) is 30.0 Å². The fourth-order valence-corrected chi connectivity index (χ4v) is 2.42. The number of hydrogen-bond donors (Lipinski definition) is 1. The Kier molecular flexibility index (Phi) is 3.71. The summed E-state index contributed by atoms with van der Waals surface area (Å²) in [4.78, 5) is 0. The number of ether oxygens (including phenoxy) is 1. The quantitative estimate of drug-likeness (QED) is 0.930. The molecule has 0 bridgehead atoms. The van der Waals surface area contributed by atoms with Crippen LogP contribution in [-0.2, 0) is 14.6 Å². The summed E-state index contributed by atoms with van der Waals surface area (Å²) in [6, 6.07) is 7.13. The first-order valence-electron chi connectivity index (χ1n) is 6.28. The predicted molar refractivity (Wildman–Crippen MR) is 80.8 cm³/mol. The number of anilines is 1. The lowest BCUT2D eigenvalue weighted by atomic mass is 9.99. The molecule has 2 aromatic rings. The van der Waals surface area contributed by atoms with Gasteiger partial charge in [-0.1, -0.05) is 17.3 Å². The number of nitrogen functional groups attached to an aromatic ring is 1. The van der Waals surface area contributed by atoms with Gasteiger partial charge in [0.25, 0.3) is 0 Å². The van der Waals surface area contributed by atoms with Crippen molar-refractivity contribution in [2.75, 3.05) is 19.1 Å². The van der Waals surface area contributed by atoms with E-state index in [1.807, 2.05) is 0 Å². The molecule has 0 aliphatic heterocycles. The third-order valence-corrected chi connectivity index (χ3v) is 5.59. The maximum absolute atomic E-state index is 12.0. The Balaban J connectivity index is 2.69. The first kappa shape index (κ1) is 15.4. The van der Waals surface area contributed by atoms with Gasteiger partial charge in [0.2, 0.25) is 0 Å². The first-order valence-corrected chi connectivity index (χ1v) is 8.17. The van der Waals surface area contributed by atoms with E-state index in [0.717, 1.165) is 6.26 Å². The third kappa shape index (κ3) is 2.61. The molecule has 1 heterocycles. The average Bonchev–Trinajstić information content (AvgIpc) is 2.80. The van der Waals surface area contributed by atoms with Crippen LogP contribution in [0.3, 0.4) is 0 Å². The van der Waals surface area contributed by atoms with Gasteiger partial charge in [0.15, 0.2) is 21.4 Å². The topological polar surface area (TPSA) is 95.4 Å². The number of nitrogens with zero attached hydrogens (tertiary/aromatic N) is 1. The Morgan fingerprint density at radius 1 is 1.33 bits per heavy atom. The fraction of sp³-hybridized carbons (Fsp3) is 0.357. The molecule has 0 saturated heterocycles. The van der Waals surface area contributed by atoms with Crippen molar-refractivity contribution in [2.45, 2.75) is 18.6 Å². The molecule has 21 heavy (non-hydrogen) atoms. The van der Waals surface area contributed by atoms with Gasteiger partial charge in [-0.3, -0.25) is 0 Å². The van der Waals surface area contributed by atoms with E-state index in [1.165, 1.54) is 0 Å². The van der Waals surface area contributed by atoms with Crippen molar-refractivity contribution in [3.8, 4) is 16.9 Å². The summed E-state index contributed by atoms with van der Waals surface area (Å²) in [6.07, 6.45) is 1.15. The number of hydrogen-bond acceptors (Lipinski definition) is 6. The first-order chi connectivity index (χ1) is 9.68. The Morgan fingerprint density at radius 3 is 2.57 bits per heavy atom. The van der Waals surface area contributed by atoms with Crippen molar-refractivity contribution in [3.63, 3.8) is 0 Å². The zero-order valence-corrected chi connectivity index (χ0v) is 13.2. The minimum atomic E-state index is -3.41. The largest absolute Gasteiger partial charge is 0.497 e. The molecule has 0 spiro atoms. The highest BCUT2D eigenvalue weighted by Gasteiger charge is 2.39. The highest BCUT2D eigenvalue weighted by Crippen LogP contribution is 2.40. The van der Waals surface area contributed by atoms with Crippen LogP contribution in [0, 0.1) is 0 Å². The van der Waals surface area contributed by atoms with E-state index in [2.05, 4.69) is 5.16 Å². The van der Waals surface area contributed by atoms with Gasteiger partial charge in [0, 0.05) is 6.26 Å². The summed E-state index contributed by atoms with van der Waals surface area (Å²) >= 11 is 0. The molecule has 0 aliphatic carbocycles. The molecule has 1 aromatic carbocycles. The molecule has 0 fully saturated rings. The summed E-state index contributed by atoms with van der Waals surface area (Å²) in [5.41, 5.74) is 7.03. The second-order valence-electron chi connectivity index (χ2n) is 5.29. The highest BCUT2D eigenvalue weighted by molar-refractivity contribution is 7.91. The van der Waals surface area contributed by atoms with E-state index in [0.29, 0.717) is 16.9 Å². The summed E-state index contributed by atoms with van der Waals surface area (Å²) in [5.74, 6) is 1.00. The van der Waals surface area contributed by atoms with Crippen LogP contribution >= 0.6 is 0 Å². The number of rotatable bonds is 4. The highest BCUT2D eigenvalue weighted by atomic mass is 32.2. The predicted octanol–water partition coefficient (Wildman–Crippen LogP) is 2.21. The van der Waals surface area contributed by atoms with Crippen molar-refractivity contribution in [1.29, 1.82) is 0 Å². The summed E-state index contributed by atoms with van der Waals surface area (Å²) in [6.45, 7) is 3.12. The van der Waals surface area contributed by atoms with Crippen LogP contribution in [0.1, 0.15) is 19.6 Å². The van der Waals surface area contributed by atoms with E-state index in [4.69, 9.17) is 15.0 Å². The zero-order chi connectivity index (χ0) is 15.8. The maximum Gasteiger partial charge on any atom is 0.175 e. The SMILES string of the molecule is COc1cccc(-c2c(N)noc2C(C)(C)S(C)(=O)=O)c1. The van der Waals surface area contributed by atoms with Crippen molar-refractivity contribution < 1.29 is 17.7 Å². The molecule has 0 saturated carbocycles. The molecule has 2 N–H and O–H groups in total. The molecule has 0 atom stereocenters. The second kappa shape index (κ2) is 5.07. The minimum absolute atomic E-state index is 0.148. The van der Waals surface area contributed by atoms with Crippen molar-refractivity contribution in [2.24, 2.45) is 0 Å². The number of aromatic nitrogens is 1. The lowest BCUT2D eigenvalue weighted by molar-refractivity contribution is 0.357. The second-order valence-corrected chi connectivity index (χ2v) is 7.85. The van der Waals surface area contributed by atoms with Crippen LogP contribution in [0.2, 0.25) is 0 Å². The Bertz CT molecular complexity index is 763. The van der Waals surface area contributed by atoms with E-state index in [-0.39, 0.29) is 11.6 Å². The number of nitrogens with two attached hydrogens (primary N) is 1. The van der Waals surface area contributed by atoms with E-state index < -0.39 is 14.6 Å². The average molecular weight is 310 g/mol. The van der Waals surface area contributed by atoms with E-state index >= 15 is 0 Å². The Hall–Kier alpha value is -2.02. The standard InChI is InChI=1S/C14H18N2O4S/c1-14(2,21(4,17)18)12-11(13(15)16-20-12)9-6-5-7-10(8-9)19-3/h5-8H,1-4H3,(H2,15,16). The molecule has 6 nitrogen and oxygen atoms in total. The third-order valence-electron chi connectivity index (χ3n) is 3.55. The Morgan fingerprint density at radius 2 is 2.00 bits per heavy atom. The van der Waals surface area contributed by atoms with Crippen LogP contribution in [-0.4, -0.2) is 26.9 Å². The molecular weight excluding hydrogens is 292 g/mol. The van der Waals surface area contributed by atoms with Crippen LogP contribution < -0.4 is 10.5 Å². The Labute approximate surface area is 123 Å². The van der Waals surface area contributed by atoms with Gasteiger partial charge in [-0.05, 0) is 31.5 Å². The van der Waals surface area contributed by atoms with Crippen LogP contribution in [0.5, 0.6) is 5.75 Å². The summed E-state index contributed by atoms with van der Waals surface area (Å²) < 4.78 is 33.2. The lowest BCUT2D eigenvalue weighted by Gasteiger charge is -2.20. The summed E-state index contributed by atoms with van der Waals surface area (Å²) in [5, 5.41) is 3.73. The van der Waals surface area contributed by atoms with Gasteiger partial charge in [-0.2, -0.15) is 0 Å². The molecule has 2 rings (SSSR count).